The molecule has 2 rings (SSSR count). The van der Waals surface area contributed by atoms with Crippen LogP contribution < -0.4 is 9.62 Å². The van der Waals surface area contributed by atoms with E-state index in [0.717, 1.165) is 22.7 Å². The lowest BCUT2D eigenvalue weighted by molar-refractivity contribution is 0.102. The molecule has 0 aliphatic carbocycles. The molecule has 0 aliphatic heterocycles. The van der Waals surface area contributed by atoms with Gasteiger partial charge in [0, 0.05) is 17.6 Å². The molecule has 2 aromatic rings. The van der Waals surface area contributed by atoms with Crippen LogP contribution >= 0.6 is 11.6 Å². The van der Waals surface area contributed by atoms with E-state index in [4.69, 9.17) is 11.6 Å². The Morgan fingerprint density at radius 3 is 2.52 bits per heavy atom. The van der Waals surface area contributed by atoms with E-state index in [-0.39, 0.29) is 16.9 Å². The molecule has 0 spiro atoms. The molecule has 2 aromatic carbocycles. The van der Waals surface area contributed by atoms with Crippen LogP contribution in [0.1, 0.15) is 10.4 Å². The molecule has 8 heteroatoms. The van der Waals surface area contributed by atoms with Crippen LogP contribution in [-0.2, 0) is 10.0 Å². The summed E-state index contributed by atoms with van der Waals surface area (Å²) >= 11 is 5.83. The fraction of sp³-hybridized carbons (Fsp3) is 0.133. The van der Waals surface area contributed by atoms with Gasteiger partial charge < -0.3 is 5.32 Å². The fourth-order valence-corrected chi connectivity index (χ4v) is 2.59. The SMILES string of the molecule is CN(c1ccc(F)cc1NC(=O)c1cccc(Cl)c1)S(C)(=O)=O. The minimum Gasteiger partial charge on any atom is -0.320 e. The largest absolute Gasteiger partial charge is 0.320 e. The Hall–Kier alpha value is -2.12. The van der Waals surface area contributed by atoms with E-state index in [1.54, 1.807) is 18.2 Å². The fourth-order valence-electron chi connectivity index (χ4n) is 1.89. The Morgan fingerprint density at radius 1 is 1.22 bits per heavy atom. The molecule has 0 saturated heterocycles. The Bertz CT molecular complexity index is 856. The van der Waals surface area contributed by atoms with Crippen LogP contribution in [0, 0.1) is 5.82 Å². The number of sulfonamides is 1. The number of nitrogens with zero attached hydrogens (tertiary/aromatic N) is 1. The summed E-state index contributed by atoms with van der Waals surface area (Å²) < 4.78 is 37.8. The Morgan fingerprint density at radius 2 is 1.91 bits per heavy atom. The predicted octanol–water partition coefficient (Wildman–Crippen LogP) is 3.13. The molecule has 0 aromatic heterocycles. The van der Waals surface area contributed by atoms with Crippen molar-refractivity contribution in [1.29, 1.82) is 0 Å². The highest BCUT2D eigenvalue weighted by atomic mass is 35.5. The molecule has 0 unspecified atom stereocenters. The number of hydrogen-bond donors (Lipinski definition) is 1. The van der Waals surface area contributed by atoms with Crippen LogP contribution in [0.15, 0.2) is 42.5 Å². The molecule has 0 saturated carbocycles. The maximum absolute atomic E-state index is 13.5. The van der Waals surface area contributed by atoms with E-state index in [1.165, 1.54) is 19.2 Å². The van der Waals surface area contributed by atoms with Gasteiger partial charge in [0.25, 0.3) is 5.91 Å². The maximum atomic E-state index is 13.5. The molecule has 5 nitrogen and oxygen atoms in total. The quantitative estimate of drug-likeness (QED) is 0.915. The normalized spacial score (nSPS) is 11.1. The third-order valence-electron chi connectivity index (χ3n) is 3.13. The average Bonchev–Trinajstić information content (AvgIpc) is 2.46. The van der Waals surface area contributed by atoms with Gasteiger partial charge in [-0.15, -0.1) is 0 Å². The highest BCUT2D eigenvalue weighted by Crippen LogP contribution is 2.28. The van der Waals surface area contributed by atoms with Gasteiger partial charge in [-0.2, -0.15) is 0 Å². The van der Waals surface area contributed by atoms with Crippen molar-refractivity contribution in [3.05, 3.63) is 58.9 Å². The summed E-state index contributed by atoms with van der Waals surface area (Å²) in [6.45, 7) is 0. The summed E-state index contributed by atoms with van der Waals surface area (Å²) in [6, 6.07) is 9.67. The Balaban J connectivity index is 2.39. The predicted molar refractivity (Wildman–Crippen MR) is 89.1 cm³/mol. The third-order valence-corrected chi connectivity index (χ3v) is 4.56. The van der Waals surface area contributed by atoms with Crippen molar-refractivity contribution in [2.24, 2.45) is 0 Å². The average molecular weight is 357 g/mol. The summed E-state index contributed by atoms with van der Waals surface area (Å²) in [5, 5.41) is 2.88. The molecule has 0 heterocycles. The van der Waals surface area contributed by atoms with Gasteiger partial charge in [-0.3, -0.25) is 9.10 Å². The number of anilines is 2. The van der Waals surface area contributed by atoms with Crippen LogP contribution in [-0.4, -0.2) is 27.6 Å². The van der Waals surface area contributed by atoms with E-state index in [1.807, 2.05) is 0 Å². The first-order valence-electron chi connectivity index (χ1n) is 6.49. The molecule has 1 amide bonds. The highest BCUT2D eigenvalue weighted by Gasteiger charge is 2.18. The van der Waals surface area contributed by atoms with Gasteiger partial charge in [-0.05, 0) is 36.4 Å². The number of benzene rings is 2. The summed E-state index contributed by atoms with van der Waals surface area (Å²) in [4.78, 5) is 12.2. The second-order valence-corrected chi connectivity index (χ2v) is 7.31. The number of halogens is 2. The number of carbonyl (C=O) groups is 1. The van der Waals surface area contributed by atoms with Crippen LogP contribution in [0.3, 0.4) is 0 Å². The minimum atomic E-state index is -3.56. The second-order valence-electron chi connectivity index (χ2n) is 4.86. The van der Waals surface area contributed by atoms with Gasteiger partial charge in [0.2, 0.25) is 10.0 Å². The molecule has 0 aliphatic rings. The zero-order valence-electron chi connectivity index (χ0n) is 12.4. The van der Waals surface area contributed by atoms with Gasteiger partial charge in [-0.25, -0.2) is 12.8 Å². The topological polar surface area (TPSA) is 66.5 Å². The smallest absolute Gasteiger partial charge is 0.255 e. The van der Waals surface area contributed by atoms with Gasteiger partial charge in [-0.1, -0.05) is 17.7 Å². The summed E-state index contributed by atoms with van der Waals surface area (Å²) in [5.74, 6) is -1.13. The van der Waals surface area contributed by atoms with Gasteiger partial charge in [0.1, 0.15) is 5.82 Å². The first-order chi connectivity index (χ1) is 10.7. The van der Waals surface area contributed by atoms with E-state index in [0.29, 0.717) is 5.02 Å². The van der Waals surface area contributed by atoms with Crippen molar-refractivity contribution in [3.63, 3.8) is 0 Å². The van der Waals surface area contributed by atoms with Crippen molar-refractivity contribution in [1.82, 2.24) is 0 Å². The molecule has 0 radical (unpaired) electrons. The molecule has 0 atom stereocenters. The maximum Gasteiger partial charge on any atom is 0.255 e. The van der Waals surface area contributed by atoms with Gasteiger partial charge in [0.15, 0.2) is 0 Å². The lowest BCUT2D eigenvalue weighted by atomic mass is 10.2. The molecule has 122 valence electrons. The zero-order chi connectivity index (χ0) is 17.2. The molecule has 1 N–H and O–H groups in total. The standard InChI is InChI=1S/C15H14ClFN2O3S/c1-19(23(2,21)22)14-7-6-12(17)9-13(14)18-15(20)10-4-3-5-11(16)8-10/h3-9H,1-2H3,(H,18,20). The van der Waals surface area contributed by atoms with Crippen molar-refractivity contribution in [2.75, 3.05) is 22.9 Å². The molecule has 23 heavy (non-hydrogen) atoms. The number of nitrogens with one attached hydrogen (secondary N) is 1. The number of carbonyl (C=O) groups excluding carboxylic acids is 1. The Labute approximate surface area is 138 Å². The lowest BCUT2D eigenvalue weighted by Crippen LogP contribution is -2.26. The zero-order valence-corrected chi connectivity index (χ0v) is 14.0. The van der Waals surface area contributed by atoms with Crippen molar-refractivity contribution < 1.29 is 17.6 Å². The van der Waals surface area contributed by atoms with Gasteiger partial charge in [0.05, 0.1) is 17.6 Å². The summed E-state index contributed by atoms with van der Waals surface area (Å²) in [6.07, 6.45) is 1.01. The minimum absolute atomic E-state index is 0.0444. The first-order valence-corrected chi connectivity index (χ1v) is 8.71. The van der Waals surface area contributed by atoms with Crippen molar-refractivity contribution in [2.45, 2.75) is 0 Å². The van der Waals surface area contributed by atoms with Crippen LogP contribution in [0.5, 0.6) is 0 Å². The van der Waals surface area contributed by atoms with Crippen LogP contribution in [0.4, 0.5) is 15.8 Å². The summed E-state index contributed by atoms with van der Waals surface area (Å²) in [7, 11) is -2.24. The molecular weight excluding hydrogens is 343 g/mol. The van der Waals surface area contributed by atoms with Crippen LogP contribution in [0.25, 0.3) is 0 Å². The molecule has 0 fully saturated rings. The summed E-state index contributed by atoms with van der Waals surface area (Å²) in [5.41, 5.74) is 0.474. The van der Waals surface area contributed by atoms with E-state index < -0.39 is 21.7 Å². The van der Waals surface area contributed by atoms with E-state index in [9.17, 15) is 17.6 Å². The van der Waals surface area contributed by atoms with Crippen molar-refractivity contribution >= 4 is 38.9 Å². The lowest BCUT2D eigenvalue weighted by Gasteiger charge is -2.20. The molecule has 0 bridgehead atoms. The van der Waals surface area contributed by atoms with E-state index in [2.05, 4.69) is 5.32 Å². The number of hydrogen-bond acceptors (Lipinski definition) is 3. The Kier molecular flexibility index (Phi) is 4.91. The monoisotopic (exact) mass is 356 g/mol. The first kappa shape index (κ1) is 17.2. The van der Waals surface area contributed by atoms with Gasteiger partial charge >= 0.3 is 0 Å². The number of amides is 1. The molecular formula is C15H14ClFN2O3S. The third kappa shape index (κ3) is 4.20. The second kappa shape index (κ2) is 6.55. The van der Waals surface area contributed by atoms with Crippen molar-refractivity contribution in [3.8, 4) is 0 Å². The van der Waals surface area contributed by atoms with Crippen LogP contribution in [0.2, 0.25) is 5.02 Å². The highest BCUT2D eigenvalue weighted by molar-refractivity contribution is 7.92. The van der Waals surface area contributed by atoms with E-state index >= 15 is 0 Å². The number of rotatable bonds is 4.